The second-order valence-electron chi connectivity index (χ2n) is 3.66. The quantitative estimate of drug-likeness (QED) is 0.447. The van der Waals surface area contributed by atoms with Crippen LogP contribution in [0.2, 0.25) is 0 Å². The minimum Gasteiger partial charge on any atom is -0.259 e. The van der Waals surface area contributed by atoms with E-state index in [-0.39, 0.29) is 0 Å². The van der Waals surface area contributed by atoms with Crippen molar-refractivity contribution in [2.24, 2.45) is 10.9 Å². The lowest BCUT2D eigenvalue weighted by Gasteiger charge is -2.00. The first-order chi connectivity index (χ1) is 6.10. The molecule has 0 radical (unpaired) electrons. The van der Waals surface area contributed by atoms with Gasteiger partial charge < -0.3 is 0 Å². The van der Waals surface area contributed by atoms with Gasteiger partial charge in [0.25, 0.3) is 0 Å². The molecule has 74 valence electrons. The second kappa shape index (κ2) is 6.64. The van der Waals surface area contributed by atoms with Crippen LogP contribution in [0, 0.1) is 5.92 Å². The van der Waals surface area contributed by atoms with Crippen molar-refractivity contribution >= 4 is 5.71 Å². The average molecular weight is 179 g/mol. The van der Waals surface area contributed by atoms with Crippen molar-refractivity contribution in [3.8, 4) is 0 Å². The monoisotopic (exact) mass is 179 g/mol. The van der Waals surface area contributed by atoms with Crippen LogP contribution in [0.5, 0.6) is 0 Å². The van der Waals surface area contributed by atoms with Gasteiger partial charge in [0.2, 0.25) is 0 Å². The van der Waals surface area contributed by atoms with Gasteiger partial charge >= 0.3 is 0 Å². The standard InChI is InChI=1S/C12H21N/c1-6-11(5)13-12(7-2)9-8-10(3)4/h7,9-10H,2,6,8H2,1,3-5H3/b12-9+,13-11?. The van der Waals surface area contributed by atoms with Crippen LogP contribution >= 0.6 is 0 Å². The fraction of sp³-hybridized carbons (Fsp3) is 0.583. The molecule has 0 saturated carbocycles. The molecular weight excluding hydrogens is 158 g/mol. The zero-order chi connectivity index (χ0) is 10.3. The predicted octanol–water partition coefficient (Wildman–Crippen LogP) is 3.97. The lowest BCUT2D eigenvalue weighted by Crippen LogP contribution is -1.89. The molecule has 0 rings (SSSR count). The molecule has 0 amide bonds. The highest BCUT2D eigenvalue weighted by molar-refractivity contribution is 5.82. The van der Waals surface area contributed by atoms with Crippen molar-refractivity contribution in [3.63, 3.8) is 0 Å². The molecule has 0 aromatic heterocycles. The van der Waals surface area contributed by atoms with Gasteiger partial charge in [0, 0.05) is 5.71 Å². The largest absolute Gasteiger partial charge is 0.259 e. The molecule has 0 bridgehead atoms. The maximum Gasteiger partial charge on any atom is 0.0583 e. The molecule has 0 fully saturated rings. The van der Waals surface area contributed by atoms with Crippen LogP contribution in [0.4, 0.5) is 0 Å². The summed E-state index contributed by atoms with van der Waals surface area (Å²) in [7, 11) is 0. The van der Waals surface area contributed by atoms with Crippen LogP contribution in [0.15, 0.2) is 29.4 Å². The average Bonchev–Trinajstić information content (AvgIpc) is 2.11. The third-order valence-corrected chi connectivity index (χ3v) is 1.84. The van der Waals surface area contributed by atoms with Crippen LogP contribution < -0.4 is 0 Å². The highest BCUT2D eigenvalue weighted by Gasteiger charge is 1.92. The third-order valence-electron chi connectivity index (χ3n) is 1.84. The van der Waals surface area contributed by atoms with Crippen LogP contribution in [0.1, 0.15) is 40.5 Å². The van der Waals surface area contributed by atoms with Crippen LogP contribution in [0.3, 0.4) is 0 Å². The number of aliphatic imine (C=N–C) groups is 1. The van der Waals surface area contributed by atoms with E-state index in [1.165, 1.54) is 0 Å². The lowest BCUT2D eigenvalue weighted by molar-refractivity contribution is 0.661. The first kappa shape index (κ1) is 12.2. The summed E-state index contributed by atoms with van der Waals surface area (Å²) in [6.07, 6.45) is 6.05. The third kappa shape index (κ3) is 6.32. The molecule has 0 aliphatic heterocycles. The molecule has 0 aromatic carbocycles. The topological polar surface area (TPSA) is 12.4 Å². The van der Waals surface area contributed by atoms with Crippen molar-refractivity contribution < 1.29 is 0 Å². The van der Waals surface area contributed by atoms with E-state index in [2.05, 4.69) is 38.4 Å². The van der Waals surface area contributed by atoms with Crippen molar-refractivity contribution in [1.82, 2.24) is 0 Å². The van der Waals surface area contributed by atoms with Gasteiger partial charge in [-0.1, -0.05) is 33.4 Å². The zero-order valence-corrected chi connectivity index (χ0v) is 9.30. The van der Waals surface area contributed by atoms with Gasteiger partial charge in [-0.3, -0.25) is 4.99 Å². The van der Waals surface area contributed by atoms with Gasteiger partial charge in [0.1, 0.15) is 0 Å². The Bertz CT molecular complexity index is 209. The van der Waals surface area contributed by atoms with Gasteiger partial charge in [-0.25, -0.2) is 0 Å². The van der Waals surface area contributed by atoms with Gasteiger partial charge in [-0.05, 0) is 31.8 Å². The van der Waals surface area contributed by atoms with E-state index >= 15 is 0 Å². The SMILES string of the molecule is C=C/C(=C\CC(C)C)N=C(C)CC. The molecule has 0 spiro atoms. The van der Waals surface area contributed by atoms with E-state index in [1.807, 2.05) is 13.0 Å². The maximum atomic E-state index is 4.45. The van der Waals surface area contributed by atoms with Gasteiger partial charge in [0.05, 0.1) is 5.70 Å². The molecule has 1 heteroatoms. The minimum atomic E-state index is 0.687. The smallest absolute Gasteiger partial charge is 0.0583 e. The highest BCUT2D eigenvalue weighted by Crippen LogP contribution is 2.07. The summed E-state index contributed by atoms with van der Waals surface area (Å²) in [4.78, 5) is 4.45. The molecule has 0 N–H and O–H groups in total. The van der Waals surface area contributed by atoms with E-state index in [4.69, 9.17) is 0 Å². The van der Waals surface area contributed by atoms with Crippen LogP contribution in [0.25, 0.3) is 0 Å². The van der Waals surface area contributed by atoms with E-state index in [9.17, 15) is 0 Å². The van der Waals surface area contributed by atoms with Crippen LogP contribution in [-0.2, 0) is 0 Å². The first-order valence-corrected chi connectivity index (χ1v) is 4.96. The molecule has 0 unspecified atom stereocenters. The fourth-order valence-electron chi connectivity index (χ4n) is 0.831. The molecule has 0 aliphatic rings. The molecule has 0 aliphatic carbocycles. The first-order valence-electron chi connectivity index (χ1n) is 4.96. The predicted molar refractivity (Wildman–Crippen MR) is 61.1 cm³/mol. The molecule has 0 saturated heterocycles. The number of hydrogen-bond donors (Lipinski definition) is 0. The molecule has 0 heterocycles. The lowest BCUT2D eigenvalue weighted by atomic mass is 10.1. The number of hydrogen-bond acceptors (Lipinski definition) is 1. The zero-order valence-electron chi connectivity index (χ0n) is 9.30. The Balaban J connectivity index is 4.33. The Morgan fingerprint density at radius 1 is 1.46 bits per heavy atom. The molecular formula is C12H21N. The summed E-state index contributed by atoms with van der Waals surface area (Å²) < 4.78 is 0. The van der Waals surface area contributed by atoms with Gasteiger partial charge in [-0.15, -0.1) is 0 Å². The van der Waals surface area contributed by atoms with E-state index in [0.717, 1.165) is 24.3 Å². The molecule has 13 heavy (non-hydrogen) atoms. The van der Waals surface area contributed by atoms with E-state index < -0.39 is 0 Å². The molecule has 1 nitrogen and oxygen atoms in total. The summed E-state index contributed by atoms with van der Waals surface area (Å²) in [5.41, 5.74) is 2.17. The van der Waals surface area contributed by atoms with E-state index in [1.54, 1.807) is 0 Å². The highest BCUT2D eigenvalue weighted by atomic mass is 14.7. The number of allylic oxidation sites excluding steroid dienone is 2. The minimum absolute atomic E-state index is 0.687. The summed E-state index contributed by atoms with van der Waals surface area (Å²) in [5, 5.41) is 0. The summed E-state index contributed by atoms with van der Waals surface area (Å²) in [6, 6.07) is 0. The van der Waals surface area contributed by atoms with Gasteiger partial charge in [0.15, 0.2) is 0 Å². The van der Waals surface area contributed by atoms with Crippen molar-refractivity contribution in [2.75, 3.05) is 0 Å². The Morgan fingerprint density at radius 3 is 2.46 bits per heavy atom. The van der Waals surface area contributed by atoms with Gasteiger partial charge in [-0.2, -0.15) is 0 Å². The Morgan fingerprint density at radius 2 is 2.08 bits per heavy atom. The van der Waals surface area contributed by atoms with Crippen molar-refractivity contribution in [3.05, 3.63) is 24.4 Å². The number of nitrogens with zero attached hydrogens (tertiary/aromatic N) is 1. The maximum absolute atomic E-state index is 4.45. The number of rotatable bonds is 5. The summed E-state index contributed by atoms with van der Waals surface area (Å²) >= 11 is 0. The second-order valence-corrected chi connectivity index (χ2v) is 3.66. The normalized spacial score (nSPS) is 13.6. The summed E-state index contributed by atoms with van der Waals surface area (Å²) in [5.74, 6) is 0.687. The molecule has 0 atom stereocenters. The Labute approximate surface area is 82.3 Å². The Hall–Kier alpha value is -0.850. The fourth-order valence-corrected chi connectivity index (χ4v) is 0.831. The summed E-state index contributed by atoms with van der Waals surface area (Å²) in [6.45, 7) is 12.3. The van der Waals surface area contributed by atoms with Crippen molar-refractivity contribution in [1.29, 1.82) is 0 Å². The van der Waals surface area contributed by atoms with Crippen LogP contribution in [-0.4, -0.2) is 5.71 Å². The Kier molecular flexibility index (Phi) is 6.21. The van der Waals surface area contributed by atoms with E-state index in [0.29, 0.717) is 5.92 Å². The molecule has 0 aromatic rings. The van der Waals surface area contributed by atoms with Crippen molar-refractivity contribution in [2.45, 2.75) is 40.5 Å².